The molecule has 0 saturated heterocycles. The molecule has 1 amide bonds. The van der Waals surface area contributed by atoms with Crippen molar-refractivity contribution in [2.75, 3.05) is 6.54 Å². The van der Waals surface area contributed by atoms with Crippen LogP contribution in [0.15, 0.2) is 24.3 Å². The molecule has 3 atom stereocenters. The molecule has 0 aromatic heterocycles. The van der Waals surface area contributed by atoms with Crippen molar-refractivity contribution >= 4 is 17.7 Å². The molecule has 166 valence electrons. The van der Waals surface area contributed by atoms with Crippen LogP contribution in [-0.2, 0) is 11.2 Å². The third kappa shape index (κ3) is 11.5. The predicted octanol–water partition coefficient (Wildman–Crippen LogP) is 4.94. The molecule has 0 saturated carbocycles. The second-order valence-corrected chi connectivity index (χ2v) is 9.66. The van der Waals surface area contributed by atoms with E-state index < -0.39 is 23.8 Å². The molecule has 0 fully saturated rings. The van der Waals surface area contributed by atoms with Gasteiger partial charge in [0.25, 0.3) is 0 Å². The highest BCUT2D eigenvalue weighted by Crippen LogP contribution is 2.18. The van der Waals surface area contributed by atoms with Crippen molar-refractivity contribution in [3.63, 3.8) is 0 Å². The van der Waals surface area contributed by atoms with Crippen LogP contribution in [0.25, 0.3) is 0 Å². The molecule has 0 aliphatic heterocycles. The first kappa shape index (κ1) is 25.7. The van der Waals surface area contributed by atoms with Crippen molar-refractivity contribution < 1.29 is 14.6 Å². The Bertz CT molecular complexity index is 616. The fourth-order valence-corrected chi connectivity index (χ4v) is 3.25. The Kier molecular flexibility index (Phi) is 11.0. The first-order chi connectivity index (χ1) is 13.5. The molecular formula is C23H39ClN2O3. The van der Waals surface area contributed by atoms with Crippen LogP contribution < -0.4 is 10.6 Å². The second-order valence-electron chi connectivity index (χ2n) is 9.25. The summed E-state index contributed by atoms with van der Waals surface area (Å²) in [7, 11) is 0. The molecule has 1 rings (SSSR count). The summed E-state index contributed by atoms with van der Waals surface area (Å²) in [5.41, 5.74) is 0.270. The SMILES string of the molecule is CC(C)CCCC(C)NC[C@@H](O)[C@H](Cc1ccccc1Cl)NC(=O)OC(C)(C)C. The van der Waals surface area contributed by atoms with Gasteiger partial charge in [0.1, 0.15) is 5.60 Å². The zero-order chi connectivity index (χ0) is 22.0. The minimum Gasteiger partial charge on any atom is -0.444 e. The quantitative estimate of drug-likeness (QED) is 0.468. The lowest BCUT2D eigenvalue weighted by molar-refractivity contribution is 0.0420. The van der Waals surface area contributed by atoms with Crippen molar-refractivity contribution in [2.45, 2.75) is 91.0 Å². The van der Waals surface area contributed by atoms with Gasteiger partial charge in [0.2, 0.25) is 0 Å². The van der Waals surface area contributed by atoms with Crippen molar-refractivity contribution in [3.05, 3.63) is 34.9 Å². The highest BCUT2D eigenvalue weighted by Gasteiger charge is 2.25. The number of alkyl carbamates (subject to hydrolysis) is 1. The number of carbonyl (C=O) groups excluding carboxylic acids is 1. The van der Waals surface area contributed by atoms with Gasteiger partial charge < -0.3 is 20.5 Å². The van der Waals surface area contributed by atoms with Crippen LogP contribution in [0.2, 0.25) is 5.02 Å². The standard InChI is InChI=1S/C23H39ClN2O3/c1-16(2)10-9-11-17(3)25-15-21(27)20(26-22(28)29-23(4,5)6)14-18-12-7-8-13-19(18)24/h7-8,12-13,16-17,20-21,25,27H,9-11,14-15H2,1-6H3,(H,26,28)/t17?,20-,21+/m0/s1. The fraction of sp³-hybridized carbons (Fsp3) is 0.696. The summed E-state index contributed by atoms with van der Waals surface area (Å²) in [6, 6.07) is 7.25. The van der Waals surface area contributed by atoms with Gasteiger partial charge in [-0.25, -0.2) is 4.79 Å². The van der Waals surface area contributed by atoms with Crippen LogP contribution in [0.4, 0.5) is 4.79 Å². The predicted molar refractivity (Wildman–Crippen MR) is 120 cm³/mol. The molecule has 6 heteroatoms. The molecule has 1 aromatic carbocycles. The third-order valence-electron chi connectivity index (χ3n) is 4.66. The van der Waals surface area contributed by atoms with E-state index in [1.165, 1.54) is 6.42 Å². The lowest BCUT2D eigenvalue weighted by Crippen LogP contribution is -2.50. The van der Waals surface area contributed by atoms with Crippen molar-refractivity contribution in [3.8, 4) is 0 Å². The fourth-order valence-electron chi connectivity index (χ4n) is 3.04. The van der Waals surface area contributed by atoms with Crippen LogP contribution in [0.5, 0.6) is 0 Å². The maximum atomic E-state index is 12.3. The zero-order valence-electron chi connectivity index (χ0n) is 18.8. The second kappa shape index (κ2) is 12.4. The molecule has 0 spiro atoms. The minimum atomic E-state index is -0.772. The summed E-state index contributed by atoms with van der Waals surface area (Å²) >= 11 is 6.29. The van der Waals surface area contributed by atoms with E-state index >= 15 is 0 Å². The molecule has 0 aliphatic rings. The maximum absolute atomic E-state index is 12.3. The van der Waals surface area contributed by atoms with Crippen LogP contribution in [0.1, 0.15) is 66.4 Å². The van der Waals surface area contributed by atoms with Gasteiger partial charge >= 0.3 is 6.09 Å². The summed E-state index contributed by atoms with van der Waals surface area (Å²) in [5, 5.41) is 17.6. The van der Waals surface area contributed by atoms with Gasteiger partial charge in [-0.05, 0) is 58.1 Å². The van der Waals surface area contributed by atoms with Gasteiger partial charge in [-0.2, -0.15) is 0 Å². The van der Waals surface area contributed by atoms with Gasteiger partial charge in [0.05, 0.1) is 12.1 Å². The van der Waals surface area contributed by atoms with E-state index in [0.29, 0.717) is 29.9 Å². The Morgan fingerprint density at radius 2 is 1.83 bits per heavy atom. The van der Waals surface area contributed by atoms with E-state index in [-0.39, 0.29) is 0 Å². The van der Waals surface area contributed by atoms with Gasteiger partial charge in [-0.3, -0.25) is 0 Å². The van der Waals surface area contributed by atoms with Gasteiger partial charge in [0, 0.05) is 17.6 Å². The van der Waals surface area contributed by atoms with Crippen molar-refractivity contribution in [1.29, 1.82) is 0 Å². The van der Waals surface area contributed by atoms with E-state index in [1.54, 1.807) is 0 Å². The molecule has 3 N–H and O–H groups in total. The number of benzene rings is 1. The Labute approximate surface area is 181 Å². The minimum absolute atomic E-state index is 0.297. The van der Waals surface area contributed by atoms with Crippen LogP contribution in [0, 0.1) is 5.92 Å². The van der Waals surface area contributed by atoms with E-state index in [0.717, 1.165) is 18.4 Å². The summed E-state index contributed by atoms with van der Waals surface area (Å²) < 4.78 is 5.37. The average molecular weight is 427 g/mol. The highest BCUT2D eigenvalue weighted by molar-refractivity contribution is 6.31. The molecule has 0 radical (unpaired) electrons. The van der Waals surface area contributed by atoms with Crippen molar-refractivity contribution in [1.82, 2.24) is 10.6 Å². The molecule has 1 aromatic rings. The van der Waals surface area contributed by atoms with E-state index in [2.05, 4.69) is 31.4 Å². The number of ether oxygens (including phenoxy) is 1. The maximum Gasteiger partial charge on any atom is 0.407 e. The number of hydrogen-bond acceptors (Lipinski definition) is 4. The number of halogens is 1. The Hall–Kier alpha value is -1.30. The van der Waals surface area contributed by atoms with E-state index in [9.17, 15) is 9.90 Å². The monoisotopic (exact) mass is 426 g/mol. The number of rotatable bonds is 11. The first-order valence-corrected chi connectivity index (χ1v) is 11.0. The number of hydrogen-bond donors (Lipinski definition) is 3. The average Bonchev–Trinajstić information content (AvgIpc) is 2.59. The Morgan fingerprint density at radius 3 is 2.41 bits per heavy atom. The van der Waals surface area contributed by atoms with Gasteiger partial charge in [-0.1, -0.05) is 56.5 Å². The van der Waals surface area contributed by atoms with Gasteiger partial charge in [0.15, 0.2) is 0 Å². The summed E-state index contributed by atoms with van der Waals surface area (Å²) in [6.45, 7) is 12.4. The number of aliphatic hydroxyl groups excluding tert-OH is 1. The molecule has 1 unspecified atom stereocenters. The summed E-state index contributed by atoms with van der Waals surface area (Å²) in [6.07, 6.45) is 2.51. The first-order valence-electron chi connectivity index (χ1n) is 10.6. The third-order valence-corrected chi connectivity index (χ3v) is 5.03. The lowest BCUT2D eigenvalue weighted by Gasteiger charge is -2.28. The smallest absolute Gasteiger partial charge is 0.407 e. The number of amides is 1. The molecular weight excluding hydrogens is 388 g/mol. The number of aliphatic hydroxyl groups is 1. The summed E-state index contributed by atoms with van der Waals surface area (Å²) in [5.74, 6) is 0.700. The van der Waals surface area contributed by atoms with Crippen molar-refractivity contribution in [2.24, 2.45) is 5.92 Å². The normalized spacial score (nSPS) is 15.1. The van der Waals surface area contributed by atoms with E-state index in [4.69, 9.17) is 16.3 Å². The molecule has 5 nitrogen and oxygen atoms in total. The van der Waals surface area contributed by atoms with Crippen LogP contribution in [-0.4, -0.2) is 41.5 Å². The van der Waals surface area contributed by atoms with E-state index in [1.807, 2.05) is 45.0 Å². The number of carbonyl (C=O) groups is 1. The largest absolute Gasteiger partial charge is 0.444 e. The molecule has 0 aliphatic carbocycles. The molecule has 29 heavy (non-hydrogen) atoms. The molecule has 0 bridgehead atoms. The molecule has 0 heterocycles. The Balaban J connectivity index is 2.70. The zero-order valence-corrected chi connectivity index (χ0v) is 19.6. The highest BCUT2D eigenvalue weighted by atomic mass is 35.5. The van der Waals surface area contributed by atoms with Crippen LogP contribution >= 0.6 is 11.6 Å². The van der Waals surface area contributed by atoms with Gasteiger partial charge in [-0.15, -0.1) is 0 Å². The topological polar surface area (TPSA) is 70.6 Å². The number of nitrogens with one attached hydrogen (secondary N) is 2. The summed E-state index contributed by atoms with van der Waals surface area (Å²) in [4.78, 5) is 12.3. The Morgan fingerprint density at radius 1 is 1.17 bits per heavy atom. The lowest BCUT2D eigenvalue weighted by atomic mass is 10.00. The van der Waals surface area contributed by atoms with Crippen LogP contribution in [0.3, 0.4) is 0 Å².